The van der Waals surface area contributed by atoms with Crippen molar-refractivity contribution in [3.05, 3.63) is 34.9 Å². The van der Waals surface area contributed by atoms with E-state index < -0.39 is 0 Å². The molecule has 0 heterocycles. The van der Waals surface area contributed by atoms with E-state index in [2.05, 4.69) is 36.4 Å². The smallest absolute Gasteiger partial charge is 0.0406 e. The van der Waals surface area contributed by atoms with Gasteiger partial charge in [-0.25, -0.2) is 0 Å². The molecule has 0 radical (unpaired) electrons. The van der Waals surface area contributed by atoms with Gasteiger partial charge in [0.2, 0.25) is 0 Å². The minimum atomic E-state index is 0.809. The average molecular weight is 273 g/mol. The number of hydrogen-bond donors (Lipinski definition) is 1. The first kappa shape index (κ1) is 14.8. The van der Waals surface area contributed by atoms with E-state index in [4.69, 9.17) is 11.6 Å². The summed E-state index contributed by atoms with van der Waals surface area (Å²) in [5.74, 6) is 2.21. The van der Waals surface area contributed by atoms with Crippen molar-refractivity contribution in [1.29, 1.82) is 0 Å². The van der Waals surface area contributed by atoms with Gasteiger partial charge in [0.1, 0.15) is 0 Å². The molecule has 0 spiro atoms. The summed E-state index contributed by atoms with van der Waals surface area (Å²) in [6.07, 6.45) is 0. The zero-order chi connectivity index (χ0) is 12.5. The zero-order valence-corrected chi connectivity index (χ0v) is 12.2. The second-order valence-corrected chi connectivity index (χ2v) is 5.77. The Morgan fingerprint density at radius 1 is 1.18 bits per heavy atom. The van der Waals surface area contributed by atoms with Crippen LogP contribution in [0, 0.1) is 0 Å². The van der Waals surface area contributed by atoms with Gasteiger partial charge in [0.15, 0.2) is 0 Å². The largest absolute Gasteiger partial charge is 0.315 e. The molecule has 1 aromatic rings. The Bertz CT molecular complexity index is 301. The number of thioether (sulfide) groups is 1. The van der Waals surface area contributed by atoms with Crippen LogP contribution in [0.15, 0.2) is 24.3 Å². The fraction of sp³-hybridized carbons (Fsp3) is 0.538. The van der Waals surface area contributed by atoms with Crippen LogP contribution < -0.4 is 5.32 Å². The van der Waals surface area contributed by atoms with Gasteiger partial charge in [-0.1, -0.05) is 23.7 Å². The highest BCUT2D eigenvalue weighted by Gasteiger charge is 1.94. The number of halogens is 1. The summed E-state index contributed by atoms with van der Waals surface area (Å²) in [5, 5.41) is 4.24. The fourth-order valence-corrected chi connectivity index (χ4v) is 2.33. The molecular formula is C13H21ClN2S. The highest BCUT2D eigenvalue weighted by molar-refractivity contribution is 7.98. The van der Waals surface area contributed by atoms with E-state index >= 15 is 0 Å². The quantitative estimate of drug-likeness (QED) is 0.733. The molecule has 0 aliphatic rings. The third-order valence-electron chi connectivity index (χ3n) is 2.34. The van der Waals surface area contributed by atoms with Gasteiger partial charge in [0.05, 0.1) is 0 Å². The van der Waals surface area contributed by atoms with Gasteiger partial charge in [-0.05, 0) is 31.8 Å². The summed E-state index contributed by atoms with van der Waals surface area (Å²) in [7, 11) is 4.19. The molecule has 4 heteroatoms. The van der Waals surface area contributed by atoms with Gasteiger partial charge in [0.25, 0.3) is 0 Å². The standard InChI is InChI=1S/C13H21ClN2S/c1-16(2)9-7-15-8-10-17-11-12-3-5-13(14)6-4-12/h3-6,15H,7-11H2,1-2H3. The molecule has 0 unspecified atom stereocenters. The van der Waals surface area contributed by atoms with E-state index in [1.807, 2.05) is 23.9 Å². The first-order valence-corrected chi connectivity index (χ1v) is 7.39. The molecule has 0 saturated heterocycles. The van der Waals surface area contributed by atoms with Crippen molar-refractivity contribution in [1.82, 2.24) is 10.2 Å². The number of nitrogens with one attached hydrogen (secondary N) is 1. The molecule has 0 aromatic heterocycles. The molecule has 1 aromatic carbocycles. The molecule has 0 fully saturated rings. The Morgan fingerprint density at radius 2 is 1.88 bits per heavy atom. The summed E-state index contributed by atoms with van der Waals surface area (Å²) in [5.41, 5.74) is 1.34. The highest BCUT2D eigenvalue weighted by Crippen LogP contribution is 2.14. The highest BCUT2D eigenvalue weighted by atomic mass is 35.5. The van der Waals surface area contributed by atoms with E-state index in [9.17, 15) is 0 Å². The molecule has 0 atom stereocenters. The lowest BCUT2D eigenvalue weighted by atomic mass is 10.2. The second kappa shape index (κ2) is 8.81. The Labute approximate surface area is 114 Å². The molecule has 17 heavy (non-hydrogen) atoms. The molecule has 2 nitrogen and oxygen atoms in total. The molecule has 1 N–H and O–H groups in total. The molecular weight excluding hydrogens is 252 g/mol. The maximum absolute atomic E-state index is 5.83. The third kappa shape index (κ3) is 7.66. The molecule has 0 saturated carbocycles. The first-order chi connectivity index (χ1) is 8.18. The van der Waals surface area contributed by atoms with Gasteiger partial charge in [-0.2, -0.15) is 11.8 Å². The van der Waals surface area contributed by atoms with Crippen molar-refractivity contribution in [2.45, 2.75) is 5.75 Å². The Kier molecular flexibility index (Phi) is 7.69. The number of benzene rings is 1. The first-order valence-electron chi connectivity index (χ1n) is 5.86. The maximum Gasteiger partial charge on any atom is 0.0406 e. The van der Waals surface area contributed by atoms with Crippen molar-refractivity contribution in [2.75, 3.05) is 39.5 Å². The summed E-state index contributed by atoms with van der Waals surface area (Å²) in [6, 6.07) is 8.09. The molecule has 0 aliphatic carbocycles. The van der Waals surface area contributed by atoms with Gasteiger partial charge in [-0.15, -0.1) is 0 Å². The van der Waals surface area contributed by atoms with Gasteiger partial charge in [-0.3, -0.25) is 0 Å². The summed E-state index contributed by atoms with van der Waals surface area (Å²) < 4.78 is 0. The molecule has 96 valence electrons. The van der Waals surface area contributed by atoms with Crippen LogP contribution in [0.5, 0.6) is 0 Å². The van der Waals surface area contributed by atoms with Gasteiger partial charge >= 0.3 is 0 Å². The normalized spacial score (nSPS) is 11.1. The minimum Gasteiger partial charge on any atom is -0.315 e. The summed E-state index contributed by atoms with van der Waals surface area (Å²) in [6.45, 7) is 3.24. The lowest BCUT2D eigenvalue weighted by molar-refractivity contribution is 0.403. The van der Waals surface area contributed by atoms with E-state index in [1.54, 1.807) is 0 Å². The molecule has 0 aliphatic heterocycles. The second-order valence-electron chi connectivity index (χ2n) is 4.23. The van der Waals surface area contributed by atoms with Crippen molar-refractivity contribution in [3.63, 3.8) is 0 Å². The van der Waals surface area contributed by atoms with Crippen LogP contribution in [0.4, 0.5) is 0 Å². The SMILES string of the molecule is CN(C)CCNCCSCc1ccc(Cl)cc1. The van der Waals surface area contributed by atoms with Crippen LogP contribution in [0.25, 0.3) is 0 Å². The Hall–Kier alpha value is -0.220. The Balaban J connectivity index is 1.99. The fourth-order valence-electron chi connectivity index (χ4n) is 1.34. The molecule has 0 bridgehead atoms. The Morgan fingerprint density at radius 3 is 2.53 bits per heavy atom. The van der Waals surface area contributed by atoms with Crippen LogP contribution in [-0.2, 0) is 5.75 Å². The lowest BCUT2D eigenvalue weighted by Crippen LogP contribution is -2.27. The topological polar surface area (TPSA) is 15.3 Å². The van der Waals surface area contributed by atoms with Crippen LogP contribution in [0.3, 0.4) is 0 Å². The lowest BCUT2D eigenvalue weighted by Gasteiger charge is -2.10. The molecule has 0 amide bonds. The van der Waals surface area contributed by atoms with E-state index in [0.29, 0.717) is 0 Å². The van der Waals surface area contributed by atoms with Crippen LogP contribution in [0.2, 0.25) is 5.02 Å². The number of likely N-dealkylation sites (N-methyl/N-ethyl adjacent to an activating group) is 1. The van der Waals surface area contributed by atoms with Crippen molar-refractivity contribution in [2.24, 2.45) is 0 Å². The van der Waals surface area contributed by atoms with E-state index in [1.165, 1.54) is 5.56 Å². The molecule has 1 rings (SSSR count). The monoisotopic (exact) mass is 272 g/mol. The van der Waals surface area contributed by atoms with Crippen molar-refractivity contribution >= 4 is 23.4 Å². The predicted octanol–water partition coefficient (Wildman–Crippen LogP) is 2.72. The minimum absolute atomic E-state index is 0.809. The average Bonchev–Trinajstić information content (AvgIpc) is 2.30. The summed E-state index contributed by atoms with van der Waals surface area (Å²) >= 11 is 7.79. The van der Waals surface area contributed by atoms with Crippen molar-refractivity contribution in [3.8, 4) is 0 Å². The van der Waals surface area contributed by atoms with Crippen LogP contribution in [-0.4, -0.2) is 44.4 Å². The number of nitrogens with zero attached hydrogens (tertiary/aromatic N) is 1. The van der Waals surface area contributed by atoms with Gasteiger partial charge in [0, 0.05) is 36.2 Å². The number of rotatable bonds is 8. The zero-order valence-electron chi connectivity index (χ0n) is 10.6. The van der Waals surface area contributed by atoms with Crippen LogP contribution in [0.1, 0.15) is 5.56 Å². The summed E-state index contributed by atoms with van der Waals surface area (Å²) in [4.78, 5) is 2.19. The van der Waals surface area contributed by atoms with Gasteiger partial charge < -0.3 is 10.2 Å². The predicted molar refractivity (Wildman–Crippen MR) is 79.0 cm³/mol. The van der Waals surface area contributed by atoms with Crippen LogP contribution >= 0.6 is 23.4 Å². The third-order valence-corrected chi connectivity index (χ3v) is 3.62. The van der Waals surface area contributed by atoms with Crippen molar-refractivity contribution < 1.29 is 0 Å². The number of hydrogen-bond acceptors (Lipinski definition) is 3. The van der Waals surface area contributed by atoms with E-state index in [-0.39, 0.29) is 0 Å². The maximum atomic E-state index is 5.83. The van der Waals surface area contributed by atoms with E-state index in [0.717, 1.165) is 36.2 Å².